The first-order valence-electron chi connectivity index (χ1n) is 5.08. The van der Waals surface area contributed by atoms with E-state index in [9.17, 15) is 0 Å². The van der Waals surface area contributed by atoms with E-state index in [1.807, 2.05) is 0 Å². The van der Waals surface area contributed by atoms with E-state index < -0.39 is 0 Å². The van der Waals surface area contributed by atoms with Crippen LogP contribution in [0.25, 0.3) is 0 Å². The summed E-state index contributed by atoms with van der Waals surface area (Å²) in [6.07, 6.45) is 3.87. The topological polar surface area (TPSA) is 3.24 Å². The van der Waals surface area contributed by atoms with E-state index in [1.54, 1.807) is 0 Å². The zero-order chi connectivity index (χ0) is 8.97. The highest BCUT2D eigenvalue weighted by Crippen LogP contribution is 2.20. The molecule has 0 saturated carbocycles. The maximum atomic E-state index is 5.82. The van der Waals surface area contributed by atoms with Crippen molar-refractivity contribution in [2.75, 3.05) is 19.0 Å². The molecule has 1 saturated heterocycles. The predicted molar refractivity (Wildman–Crippen MR) is 54.8 cm³/mol. The summed E-state index contributed by atoms with van der Waals surface area (Å²) < 4.78 is 0. The van der Waals surface area contributed by atoms with E-state index in [0.29, 0.717) is 0 Å². The van der Waals surface area contributed by atoms with Gasteiger partial charge in [0.25, 0.3) is 0 Å². The van der Waals surface area contributed by atoms with Crippen molar-refractivity contribution in [3.63, 3.8) is 0 Å². The molecule has 2 heteroatoms. The van der Waals surface area contributed by atoms with Crippen molar-refractivity contribution < 1.29 is 0 Å². The second kappa shape index (κ2) is 5.08. The third-order valence-electron chi connectivity index (χ3n) is 3.08. The molecule has 0 aromatic heterocycles. The van der Waals surface area contributed by atoms with E-state index in [1.165, 1.54) is 32.4 Å². The van der Waals surface area contributed by atoms with Gasteiger partial charge < -0.3 is 4.90 Å². The molecule has 0 aliphatic carbocycles. The van der Waals surface area contributed by atoms with Gasteiger partial charge >= 0.3 is 0 Å². The van der Waals surface area contributed by atoms with Gasteiger partial charge in [0.2, 0.25) is 0 Å². The number of hydrogen-bond acceptors (Lipinski definition) is 1. The highest BCUT2D eigenvalue weighted by molar-refractivity contribution is 6.18. The SMILES string of the molecule is CCC(C)N1CCC(CCl)CC1. The number of hydrogen-bond donors (Lipinski definition) is 0. The maximum Gasteiger partial charge on any atom is 0.0252 e. The molecule has 1 atom stereocenters. The summed E-state index contributed by atoms with van der Waals surface area (Å²) in [6.45, 7) is 7.10. The number of nitrogens with zero attached hydrogens (tertiary/aromatic N) is 1. The molecule has 0 aromatic rings. The Morgan fingerprint density at radius 1 is 1.42 bits per heavy atom. The summed E-state index contributed by atoms with van der Waals surface area (Å²) in [7, 11) is 0. The van der Waals surface area contributed by atoms with E-state index in [-0.39, 0.29) is 0 Å². The van der Waals surface area contributed by atoms with Crippen LogP contribution in [0.3, 0.4) is 0 Å². The van der Waals surface area contributed by atoms with Crippen LogP contribution in [-0.2, 0) is 0 Å². The lowest BCUT2D eigenvalue weighted by Crippen LogP contribution is -2.39. The highest BCUT2D eigenvalue weighted by Gasteiger charge is 2.20. The fourth-order valence-corrected chi connectivity index (χ4v) is 2.11. The molecule has 12 heavy (non-hydrogen) atoms. The zero-order valence-electron chi connectivity index (χ0n) is 8.22. The first-order valence-corrected chi connectivity index (χ1v) is 5.61. The first-order chi connectivity index (χ1) is 5.77. The van der Waals surface area contributed by atoms with Gasteiger partial charge in [-0.3, -0.25) is 0 Å². The van der Waals surface area contributed by atoms with Crippen LogP contribution in [0.1, 0.15) is 33.1 Å². The molecule has 0 radical (unpaired) electrons. The lowest BCUT2D eigenvalue weighted by atomic mass is 9.97. The molecule has 0 N–H and O–H groups in total. The highest BCUT2D eigenvalue weighted by atomic mass is 35.5. The molecule has 1 heterocycles. The van der Waals surface area contributed by atoms with Crippen molar-refractivity contribution in [1.29, 1.82) is 0 Å². The number of halogens is 1. The molecule has 0 amide bonds. The Morgan fingerprint density at radius 2 is 2.00 bits per heavy atom. The molecular weight excluding hydrogens is 170 g/mol. The second-order valence-corrected chi connectivity index (χ2v) is 4.20. The van der Waals surface area contributed by atoms with Crippen molar-refractivity contribution >= 4 is 11.6 Å². The van der Waals surface area contributed by atoms with Gasteiger partial charge in [-0.15, -0.1) is 11.6 Å². The number of rotatable bonds is 3. The van der Waals surface area contributed by atoms with Gasteiger partial charge in [0.1, 0.15) is 0 Å². The van der Waals surface area contributed by atoms with Crippen molar-refractivity contribution in [3.05, 3.63) is 0 Å². The van der Waals surface area contributed by atoms with Crippen LogP contribution >= 0.6 is 11.6 Å². The molecule has 72 valence electrons. The van der Waals surface area contributed by atoms with Crippen molar-refractivity contribution in [2.45, 2.75) is 39.2 Å². The fourth-order valence-electron chi connectivity index (χ4n) is 1.81. The van der Waals surface area contributed by atoms with Crippen LogP contribution < -0.4 is 0 Å². The van der Waals surface area contributed by atoms with E-state index in [2.05, 4.69) is 18.7 Å². The quantitative estimate of drug-likeness (QED) is 0.618. The number of piperidine rings is 1. The molecule has 1 unspecified atom stereocenters. The zero-order valence-corrected chi connectivity index (χ0v) is 8.98. The third kappa shape index (κ3) is 2.63. The summed E-state index contributed by atoms with van der Waals surface area (Å²) in [4.78, 5) is 2.59. The molecule has 1 rings (SSSR count). The van der Waals surface area contributed by atoms with Crippen LogP contribution in [0.15, 0.2) is 0 Å². The number of likely N-dealkylation sites (tertiary alicyclic amines) is 1. The molecule has 0 spiro atoms. The van der Waals surface area contributed by atoms with Crippen LogP contribution in [-0.4, -0.2) is 29.9 Å². The van der Waals surface area contributed by atoms with Gasteiger partial charge in [-0.05, 0) is 45.2 Å². The third-order valence-corrected chi connectivity index (χ3v) is 3.52. The maximum absolute atomic E-state index is 5.82. The molecule has 0 aromatic carbocycles. The normalized spacial score (nSPS) is 24.2. The van der Waals surface area contributed by atoms with Crippen LogP contribution in [0.5, 0.6) is 0 Å². The van der Waals surface area contributed by atoms with Crippen LogP contribution in [0.2, 0.25) is 0 Å². The molecular formula is C10H20ClN. The molecule has 1 aliphatic rings. The lowest BCUT2D eigenvalue weighted by Gasteiger charge is -2.35. The van der Waals surface area contributed by atoms with Crippen molar-refractivity contribution in [1.82, 2.24) is 4.90 Å². The Kier molecular flexibility index (Phi) is 4.38. The molecule has 1 aliphatic heterocycles. The van der Waals surface area contributed by atoms with Gasteiger partial charge in [-0.1, -0.05) is 6.92 Å². The minimum atomic E-state index is 0.765. The van der Waals surface area contributed by atoms with E-state index >= 15 is 0 Å². The summed E-state index contributed by atoms with van der Waals surface area (Å²) in [5.41, 5.74) is 0. The fraction of sp³-hybridized carbons (Fsp3) is 1.00. The van der Waals surface area contributed by atoms with Gasteiger partial charge in [0.05, 0.1) is 0 Å². The van der Waals surface area contributed by atoms with E-state index in [0.717, 1.165) is 17.8 Å². The minimum Gasteiger partial charge on any atom is -0.301 e. The van der Waals surface area contributed by atoms with Crippen molar-refractivity contribution in [3.8, 4) is 0 Å². The largest absolute Gasteiger partial charge is 0.301 e. The van der Waals surface area contributed by atoms with Gasteiger partial charge in [0, 0.05) is 11.9 Å². The smallest absolute Gasteiger partial charge is 0.0252 e. The minimum absolute atomic E-state index is 0.765. The Labute approximate surface area is 81.1 Å². The van der Waals surface area contributed by atoms with E-state index in [4.69, 9.17) is 11.6 Å². The van der Waals surface area contributed by atoms with Gasteiger partial charge in [-0.25, -0.2) is 0 Å². The Morgan fingerprint density at radius 3 is 2.42 bits per heavy atom. The number of alkyl halides is 1. The summed E-state index contributed by atoms with van der Waals surface area (Å²) in [5.74, 6) is 1.64. The molecule has 0 bridgehead atoms. The molecule has 1 fully saturated rings. The molecule has 1 nitrogen and oxygen atoms in total. The van der Waals surface area contributed by atoms with Crippen LogP contribution in [0, 0.1) is 5.92 Å². The summed E-state index contributed by atoms with van der Waals surface area (Å²) >= 11 is 5.82. The Bertz CT molecular complexity index is 119. The Hall–Kier alpha value is 0.250. The lowest BCUT2D eigenvalue weighted by molar-refractivity contribution is 0.145. The predicted octanol–water partition coefficient (Wildman–Crippen LogP) is 2.74. The van der Waals surface area contributed by atoms with Crippen molar-refractivity contribution in [2.24, 2.45) is 5.92 Å². The summed E-state index contributed by atoms with van der Waals surface area (Å²) in [6, 6.07) is 0.765. The van der Waals surface area contributed by atoms with Gasteiger partial charge in [0.15, 0.2) is 0 Å². The monoisotopic (exact) mass is 189 g/mol. The average molecular weight is 190 g/mol. The van der Waals surface area contributed by atoms with Gasteiger partial charge in [-0.2, -0.15) is 0 Å². The Balaban J connectivity index is 2.25. The standard InChI is InChI=1S/C10H20ClN/c1-3-9(2)12-6-4-10(8-11)5-7-12/h9-10H,3-8H2,1-2H3. The first kappa shape index (κ1) is 10.3. The van der Waals surface area contributed by atoms with Crippen LogP contribution in [0.4, 0.5) is 0 Å². The summed E-state index contributed by atoms with van der Waals surface area (Å²) in [5, 5.41) is 0. The average Bonchev–Trinajstić information content (AvgIpc) is 2.17. The second-order valence-electron chi connectivity index (χ2n) is 3.89.